The van der Waals surface area contributed by atoms with E-state index in [1.807, 2.05) is 6.92 Å². The highest BCUT2D eigenvalue weighted by Crippen LogP contribution is 2.35. The van der Waals surface area contributed by atoms with E-state index in [1.54, 1.807) is 0 Å². The lowest BCUT2D eigenvalue weighted by molar-refractivity contribution is -0.139. The quantitative estimate of drug-likeness (QED) is 0.435. The summed E-state index contributed by atoms with van der Waals surface area (Å²) in [5, 5.41) is 9.32. The second kappa shape index (κ2) is 10.9. The Morgan fingerprint density at radius 2 is 1.91 bits per heavy atom. The summed E-state index contributed by atoms with van der Waals surface area (Å²) in [5.74, 6) is -0.00751. The Morgan fingerprint density at radius 3 is 2.57 bits per heavy atom. The van der Waals surface area contributed by atoms with Gasteiger partial charge in [0.25, 0.3) is 0 Å². The van der Waals surface area contributed by atoms with Crippen LogP contribution in [0, 0.1) is 12.8 Å². The molecule has 14 heteroatoms. The van der Waals surface area contributed by atoms with Gasteiger partial charge in [0.1, 0.15) is 17.2 Å². The molecule has 0 atom stereocenters. The topological polar surface area (TPSA) is 108 Å². The summed E-state index contributed by atoms with van der Waals surface area (Å²) in [6.45, 7) is 6.86. The molecule has 35 heavy (non-hydrogen) atoms. The monoisotopic (exact) mass is 514 g/mol. The normalized spacial score (nSPS) is 17.2. The van der Waals surface area contributed by atoms with Crippen molar-refractivity contribution in [2.45, 2.75) is 19.5 Å². The molecule has 192 valence electrons. The van der Waals surface area contributed by atoms with Crippen LogP contribution in [0.3, 0.4) is 0 Å². The van der Waals surface area contributed by atoms with Crippen LogP contribution in [-0.4, -0.2) is 85.3 Å². The SMILES string of the molecule is Cc1sc(N2CCN(C)CC2)nc1Nc1ncc(C(F)(F)F)c(NCCCNC(=O)C2COC2)n1. The molecule has 0 spiro atoms. The number of nitrogens with one attached hydrogen (secondary N) is 3. The van der Waals surface area contributed by atoms with Crippen molar-refractivity contribution >= 4 is 40.0 Å². The molecule has 2 aromatic heterocycles. The zero-order chi connectivity index (χ0) is 25.0. The van der Waals surface area contributed by atoms with Gasteiger partial charge in [0.2, 0.25) is 11.9 Å². The smallest absolute Gasteiger partial charge is 0.380 e. The lowest BCUT2D eigenvalue weighted by Crippen LogP contribution is -2.44. The lowest BCUT2D eigenvalue weighted by Gasteiger charge is -2.32. The van der Waals surface area contributed by atoms with Crippen LogP contribution in [-0.2, 0) is 15.7 Å². The molecule has 2 fully saturated rings. The number of ether oxygens (including phenoxy) is 1. The molecule has 2 aliphatic heterocycles. The van der Waals surface area contributed by atoms with Crippen LogP contribution in [0.15, 0.2) is 6.20 Å². The number of rotatable bonds is 9. The second-order valence-corrected chi connectivity index (χ2v) is 9.76. The standard InChI is InChI=1S/C21H29F3N8O2S/c1-13-16(30-20(35-13)32-8-6-31(2)7-9-32)28-19-27-10-15(21(22,23)24)17(29-19)25-4-3-5-26-18(33)14-11-34-12-14/h10,14H,3-9,11-12H2,1-2H3,(H,26,33)(H2,25,27,28,29). The average Bonchev–Trinajstić information content (AvgIpc) is 3.12. The van der Waals surface area contributed by atoms with Crippen molar-refractivity contribution in [2.75, 3.05) is 75.1 Å². The minimum atomic E-state index is -4.61. The van der Waals surface area contributed by atoms with Gasteiger partial charge in [-0.3, -0.25) is 4.79 Å². The fraction of sp³-hybridized carbons (Fsp3) is 0.619. The maximum atomic E-state index is 13.5. The third-order valence-corrected chi connectivity index (χ3v) is 6.87. The van der Waals surface area contributed by atoms with Crippen LogP contribution in [0.1, 0.15) is 16.9 Å². The molecule has 4 heterocycles. The molecule has 10 nitrogen and oxygen atoms in total. The Hall–Kier alpha value is -2.71. The number of alkyl halides is 3. The first kappa shape index (κ1) is 25.4. The minimum absolute atomic E-state index is 0.0251. The number of aromatic nitrogens is 3. The summed E-state index contributed by atoms with van der Waals surface area (Å²) in [7, 11) is 2.08. The Labute approximate surface area is 205 Å². The van der Waals surface area contributed by atoms with Crippen LogP contribution in [0.4, 0.5) is 35.9 Å². The van der Waals surface area contributed by atoms with E-state index in [0.29, 0.717) is 32.0 Å². The zero-order valence-corrected chi connectivity index (χ0v) is 20.4. The summed E-state index contributed by atoms with van der Waals surface area (Å²) in [5.41, 5.74) is -0.952. The number of nitrogens with zero attached hydrogens (tertiary/aromatic N) is 5. The molecule has 0 bridgehead atoms. The molecule has 3 N–H and O–H groups in total. The minimum Gasteiger partial charge on any atom is -0.380 e. The highest BCUT2D eigenvalue weighted by molar-refractivity contribution is 7.16. The Bertz CT molecular complexity index is 1020. The first-order valence-electron chi connectivity index (χ1n) is 11.4. The molecule has 2 aliphatic rings. The van der Waals surface area contributed by atoms with Crippen LogP contribution in [0.25, 0.3) is 0 Å². The van der Waals surface area contributed by atoms with Gasteiger partial charge in [-0.25, -0.2) is 9.97 Å². The predicted molar refractivity (Wildman–Crippen MR) is 127 cm³/mol. The highest BCUT2D eigenvalue weighted by atomic mass is 32.1. The van der Waals surface area contributed by atoms with Gasteiger partial charge in [-0.2, -0.15) is 18.2 Å². The lowest BCUT2D eigenvalue weighted by atomic mass is 10.1. The number of carbonyl (C=O) groups is 1. The Kier molecular flexibility index (Phi) is 7.91. The van der Waals surface area contributed by atoms with Crippen molar-refractivity contribution in [3.8, 4) is 0 Å². The number of carbonyl (C=O) groups excluding carboxylic acids is 1. The van der Waals surface area contributed by atoms with E-state index in [1.165, 1.54) is 11.3 Å². The van der Waals surface area contributed by atoms with Crippen molar-refractivity contribution < 1.29 is 22.7 Å². The third-order valence-electron chi connectivity index (χ3n) is 5.84. The number of anilines is 4. The molecule has 0 aromatic carbocycles. The number of piperazine rings is 1. The number of thiazole rings is 1. The fourth-order valence-corrected chi connectivity index (χ4v) is 4.48. The van der Waals surface area contributed by atoms with E-state index >= 15 is 0 Å². The molecule has 2 aromatic rings. The number of hydrogen-bond acceptors (Lipinski definition) is 10. The van der Waals surface area contributed by atoms with Gasteiger partial charge in [-0.1, -0.05) is 11.3 Å². The first-order chi connectivity index (χ1) is 16.7. The Morgan fingerprint density at radius 1 is 1.17 bits per heavy atom. The maximum Gasteiger partial charge on any atom is 0.421 e. The summed E-state index contributed by atoms with van der Waals surface area (Å²) < 4.78 is 45.5. The van der Waals surface area contributed by atoms with Crippen LogP contribution in [0.2, 0.25) is 0 Å². The molecule has 0 saturated carbocycles. The van der Waals surface area contributed by atoms with Gasteiger partial charge >= 0.3 is 6.18 Å². The van der Waals surface area contributed by atoms with Crippen LogP contribution < -0.4 is 20.9 Å². The van der Waals surface area contributed by atoms with Gasteiger partial charge in [-0.15, -0.1) is 0 Å². The van der Waals surface area contributed by atoms with Gasteiger partial charge < -0.3 is 30.5 Å². The van der Waals surface area contributed by atoms with Crippen LogP contribution >= 0.6 is 11.3 Å². The fourth-order valence-electron chi connectivity index (χ4n) is 3.56. The summed E-state index contributed by atoms with van der Waals surface area (Å²) in [6, 6.07) is 0. The van der Waals surface area contributed by atoms with Gasteiger partial charge in [0.15, 0.2) is 5.13 Å². The van der Waals surface area contributed by atoms with Crippen LogP contribution in [0.5, 0.6) is 0 Å². The number of hydrogen-bond donors (Lipinski definition) is 3. The summed E-state index contributed by atoms with van der Waals surface area (Å²) in [6.07, 6.45) is -3.41. The van der Waals surface area contributed by atoms with Crippen molar-refractivity contribution in [3.63, 3.8) is 0 Å². The van der Waals surface area contributed by atoms with E-state index < -0.39 is 11.7 Å². The number of amides is 1. The number of aryl methyl sites for hydroxylation is 1. The van der Waals surface area contributed by atoms with Crippen molar-refractivity contribution in [3.05, 3.63) is 16.6 Å². The van der Waals surface area contributed by atoms with E-state index in [4.69, 9.17) is 4.74 Å². The average molecular weight is 515 g/mol. The summed E-state index contributed by atoms with van der Waals surface area (Å²) in [4.78, 5) is 29.7. The highest BCUT2D eigenvalue weighted by Gasteiger charge is 2.35. The zero-order valence-electron chi connectivity index (χ0n) is 19.6. The molecular weight excluding hydrogens is 485 g/mol. The first-order valence-corrected chi connectivity index (χ1v) is 12.2. The molecule has 0 radical (unpaired) electrons. The van der Waals surface area contributed by atoms with Gasteiger partial charge in [0.05, 0.1) is 19.1 Å². The van der Waals surface area contributed by atoms with Crippen molar-refractivity contribution in [1.29, 1.82) is 0 Å². The van der Waals surface area contributed by atoms with Crippen molar-refractivity contribution in [2.24, 2.45) is 5.92 Å². The molecular formula is C21H29F3N8O2S. The third kappa shape index (κ3) is 6.49. The number of halogens is 3. The Balaban J connectivity index is 1.38. The second-order valence-electron chi connectivity index (χ2n) is 8.58. The van der Waals surface area contributed by atoms with E-state index in [9.17, 15) is 18.0 Å². The van der Waals surface area contributed by atoms with E-state index in [0.717, 1.165) is 42.4 Å². The number of likely N-dealkylation sites (N-methyl/N-ethyl adjacent to an activating group) is 1. The molecule has 0 aliphatic carbocycles. The van der Waals surface area contributed by atoms with Crippen molar-refractivity contribution in [1.82, 2.24) is 25.2 Å². The van der Waals surface area contributed by atoms with Gasteiger partial charge in [-0.05, 0) is 20.4 Å². The molecule has 1 amide bonds. The predicted octanol–water partition coefficient (Wildman–Crippen LogP) is 2.32. The van der Waals surface area contributed by atoms with Gasteiger partial charge in [0, 0.05) is 50.3 Å². The van der Waals surface area contributed by atoms with E-state index in [-0.39, 0.29) is 30.1 Å². The molecule has 4 rings (SSSR count). The molecule has 0 unspecified atom stereocenters. The van der Waals surface area contributed by atoms with E-state index in [2.05, 4.69) is 47.7 Å². The summed E-state index contributed by atoms with van der Waals surface area (Å²) >= 11 is 1.52. The largest absolute Gasteiger partial charge is 0.421 e. The maximum absolute atomic E-state index is 13.5. The molecule has 2 saturated heterocycles.